The van der Waals surface area contributed by atoms with E-state index in [-0.39, 0.29) is 5.97 Å². The topological polar surface area (TPSA) is 26.3 Å². The minimum atomic E-state index is -0.247. The maximum absolute atomic E-state index is 11.8. The fourth-order valence-corrected chi connectivity index (χ4v) is 3.50. The first-order valence-corrected chi connectivity index (χ1v) is 7.08. The van der Waals surface area contributed by atoms with Gasteiger partial charge >= 0.3 is 5.97 Å². The van der Waals surface area contributed by atoms with Crippen LogP contribution in [0, 0.1) is 0 Å². The van der Waals surface area contributed by atoms with Crippen molar-refractivity contribution in [2.75, 3.05) is 6.61 Å². The molecular formula is C12H7ClO2S2. The summed E-state index contributed by atoms with van der Waals surface area (Å²) in [4.78, 5) is 12.8. The van der Waals surface area contributed by atoms with Crippen LogP contribution in [-0.2, 0) is 9.53 Å². The number of hydrogen-bond acceptors (Lipinski definition) is 4. The molecule has 0 atom stereocenters. The van der Waals surface area contributed by atoms with Gasteiger partial charge in [0.15, 0.2) is 0 Å². The summed E-state index contributed by atoms with van der Waals surface area (Å²) in [5.74, 6) is -0.247. The molecular weight excluding hydrogens is 276 g/mol. The molecule has 3 heterocycles. The van der Waals surface area contributed by atoms with Crippen molar-refractivity contribution in [3.63, 3.8) is 0 Å². The van der Waals surface area contributed by atoms with Crippen LogP contribution in [0.5, 0.6) is 0 Å². The summed E-state index contributed by atoms with van der Waals surface area (Å²) in [6.07, 6.45) is 0. The average Bonchev–Trinajstić information content (AvgIpc) is 2.97. The van der Waals surface area contributed by atoms with E-state index in [1.54, 1.807) is 11.3 Å². The van der Waals surface area contributed by atoms with Gasteiger partial charge in [-0.2, -0.15) is 11.3 Å². The third-order valence-corrected chi connectivity index (χ3v) is 4.51. The Kier molecular flexibility index (Phi) is 2.78. The molecule has 0 amide bonds. The average molecular weight is 283 g/mol. The Balaban J connectivity index is 2.15. The van der Waals surface area contributed by atoms with Crippen molar-refractivity contribution in [1.29, 1.82) is 0 Å². The second-order valence-corrected chi connectivity index (χ2v) is 6.04. The van der Waals surface area contributed by atoms with Crippen LogP contribution in [0.4, 0.5) is 0 Å². The van der Waals surface area contributed by atoms with Gasteiger partial charge in [0.1, 0.15) is 6.61 Å². The highest BCUT2D eigenvalue weighted by Gasteiger charge is 2.28. The molecule has 0 bridgehead atoms. The monoisotopic (exact) mass is 282 g/mol. The lowest BCUT2D eigenvalue weighted by Crippen LogP contribution is -1.97. The zero-order valence-electron chi connectivity index (χ0n) is 8.60. The van der Waals surface area contributed by atoms with Gasteiger partial charge in [-0.1, -0.05) is 11.6 Å². The molecule has 17 heavy (non-hydrogen) atoms. The second kappa shape index (κ2) is 4.29. The number of cyclic esters (lactones) is 1. The minimum absolute atomic E-state index is 0.247. The Morgan fingerprint density at radius 1 is 1.29 bits per heavy atom. The molecule has 0 unspecified atom stereocenters. The number of thiophene rings is 2. The normalized spacial score (nSPS) is 15.5. The predicted octanol–water partition coefficient (Wildman–Crippen LogP) is 3.93. The number of hydrogen-bond donors (Lipinski definition) is 0. The number of halogens is 1. The van der Waals surface area contributed by atoms with E-state index in [0.717, 1.165) is 20.4 Å². The van der Waals surface area contributed by atoms with Gasteiger partial charge in [0.05, 0.1) is 9.91 Å². The Labute approximate surface area is 111 Å². The molecule has 86 valence electrons. The van der Waals surface area contributed by atoms with Crippen LogP contribution in [0.2, 0.25) is 4.34 Å². The number of ether oxygens (including phenoxy) is 1. The summed E-state index contributed by atoms with van der Waals surface area (Å²) in [5, 5.41) is 3.91. The molecule has 3 rings (SSSR count). The second-order valence-electron chi connectivity index (χ2n) is 3.55. The summed E-state index contributed by atoms with van der Waals surface area (Å²) in [7, 11) is 0. The van der Waals surface area contributed by atoms with Gasteiger partial charge < -0.3 is 4.74 Å². The van der Waals surface area contributed by atoms with Crippen molar-refractivity contribution in [1.82, 2.24) is 0 Å². The smallest absolute Gasteiger partial charge is 0.339 e. The number of carbonyl (C=O) groups excluding carboxylic acids is 1. The van der Waals surface area contributed by atoms with E-state index in [9.17, 15) is 4.79 Å². The van der Waals surface area contributed by atoms with Crippen LogP contribution in [0.15, 0.2) is 29.0 Å². The van der Waals surface area contributed by atoms with Crippen molar-refractivity contribution in [3.05, 3.63) is 43.7 Å². The van der Waals surface area contributed by atoms with E-state index in [0.29, 0.717) is 12.2 Å². The van der Waals surface area contributed by atoms with E-state index in [1.807, 2.05) is 29.0 Å². The lowest BCUT2D eigenvalue weighted by molar-refractivity contribution is -0.133. The van der Waals surface area contributed by atoms with E-state index < -0.39 is 0 Å². The molecule has 0 N–H and O–H groups in total. The summed E-state index contributed by atoms with van der Waals surface area (Å²) >= 11 is 8.95. The predicted molar refractivity (Wildman–Crippen MR) is 71.4 cm³/mol. The molecule has 0 saturated carbocycles. The standard InChI is InChI=1S/C12H7ClO2S2/c13-10-2-1-9(17-10)8-5-15-12(14)11(8)7-3-4-16-6-7/h1-4,6H,5H2. The van der Waals surface area contributed by atoms with Gasteiger partial charge in [0, 0.05) is 16.0 Å². The molecule has 0 aliphatic carbocycles. The summed E-state index contributed by atoms with van der Waals surface area (Å²) < 4.78 is 5.84. The van der Waals surface area contributed by atoms with Gasteiger partial charge in [-0.3, -0.25) is 0 Å². The molecule has 0 spiro atoms. The third-order valence-electron chi connectivity index (χ3n) is 2.53. The number of rotatable bonds is 2. The fraction of sp³-hybridized carbons (Fsp3) is 0.0833. The van der Waals surface area contributed by atoms with E-state index in [2.05, 4.69) is 0 Å². The van der Waals surface area contributed by atoms with Crippen molar-refractivity contribution in [2.24, 2.45) is 0 Å². The molecule has 0 radical (unpaired) electrons. The van der Waals surface area contributed by atoms with E-state index >= 15 is 0 Å². The first kappa shape index (κ1) is 11.0. The zero-order chi connectivity index (χ0) is 11.8. The molecule has 2 aromatic heterocycles. The Hall–Kier alpha value is -1.10. The number of esters is 1. The maximum atomic E-state index is 11.8. The van der Waals surface area contributed by atoms with Crippen LogP contribution in [0.3, 0.4) is 0 Å². The first-order valence-electron chi connectivity index (χ1n) is 4.94. The van der Waals surface area contributed by atoms with Crippen LogP contribution < -0.4 is 0 Å². The van der Waals surface area contributed by atoms with Gasteiger partial charge in [-0.15, -0.1) is 11.3 Å². The lowest BCUT2D eigenvalue weighted by Gasteiger charge is -1.98. The highest BCUT2D eigenvalue weighted by Crippen LogP contribution is 2.37. The van der Waals surface area contributed by atoms with E-state index in [1.165, 1.54) is 11.3 Å². The van der Waals surface area contributed by atoms with Crippen LogP contribution in [-0.4, -0.2) is 12.6 Å². The van der Waals surface area contributed by atoms with Gasteiger partial charge in [-0.25, -0.2) is 4.79 Å². The molecule has 2 nitrogen and oxygen atoms in total. The minimum Gasteiger partial charge on any atom is -0.457 e. The van der Waals surface area contributed by atoms with Crippen LogP contribution in [0.1, 0.15) is 10.4 Å². The Morgan fingerprint density at radius 3 is 2.82 bits per heavy atom. The molecule has 2 aromatic rings. The molecule has 5 heteroatoms. The van der Waals surface area contributed by atoms with Crippen molar-refractivity contribution in [3.8, 4) is 0 Å². The van der Waals surface area contributed by atoms with Crippen LogP contribution >= 0.6 is 34.3 Å². The molecule has 0 aromatic carbocycles. The summed E-state index contributed by atoms with van der Waals surface area (Å²) in [5.41, 5.74) is 2.53. The highest BCUT2D eigenvalue weighted by molar-refractivity contribution is 7.17. The molecule has 1 aliphatic heterocycles. The third kappa shape index (κ3) is 1.92. The lowest BCUT2D eigenvalue weighted by atomic mass is 10.0. The molecule has 0 saturated heterocycles. The maximum Gasteiger partial charge on any atom is 0.339 e. The highest BCUT2D eigenvalue weighted by atomic mass is 35.5. The van der Waals surface area contributed by atoms with Crippen molar-refractivity contribution >= 4 is 51.4 Å². The van der Waals surface area contributed by atoms with Gasteiger partial charge in [0.2, 0.25) is 0 Å². The van der Waals surface area contributed by atoms with Gasteiger partial charge in [0.25, 0.3) is 0 Å². The summed E-state index contributed by atoms with van der Waals surface area (Å²) in [6.45, 7) is 0.334. The zero-order valence-corrected chi connectivity index (χ0v) is 11.0. The summed E-state index contributed by atoms with van der Waals surface area (Å²) in [6, 6.07) is 5.70. The fourth-order valence-electron chi connectivity index (χ4n) is 1.77. The number of carbonyl (C=O) groups is 1. The van der Waals surface area contributed by atoms with Crippen molar-refractivity contribution in [2.45, 2.75) is 0 Å². The SMILES string of the molecule is O=C1OCC(c2ccc(Cl)s2)=C1c1ccsc1. The van der Waals surface area contributed by atoms with Gasteiger partial charge in [-0.05, 0) is 29.0 Å². The Morgan fingerprint density at radius 2 is 2.18 bits per heavy atom. The largest absolute Gasteiger partial charge is 0.457 e. The Bertz CT molecular complexity index is 596. The quantitative estimate of drug-likeness (QED) is 0.780. The first-order chi connectivity index (χ1) is 8.25. The van der Waals surface area contributed by atoms with E-state index in [4.69, 9.17) is 16.3 Å². The molecule has 1 aliphatic rings. The molecule has 0 fully saturated rings. The van der Waals surface area contributed by atoms with Crippen LogP contribution in [0.25, 0.3) is 11.1 Å². The van der Waals surface area contributed by atoms with Crippen molar-refractivity contribution < 1.29 is 9.53 Å².